The Balaban J connectivity index is 1.53. The number of hydrogen-bond acceptors (Lipinski definition) is 5. The van der Waals surface area contributed by atoms with Crippen LogP contribution in [0.25, 0.3) is 0 Å². The summed E-state index contributed by atoms with van der Waals surface area (Å²) in [4.78, 5) is 24.6. The van der Waals surface area contributed by atoms with E-state index in [9.17, 15) is 9.59 Å². The monoisotopic (exact) mass is 341 g/mol. The molecule has 0 aliphatic carbocycles. The average molecular weight is 341 g/mol. The highest BCUT2D eigenvalue weighted by atomic mass is 16.5. The van der Waals surface area contributed by atoms with Crippen LogP contribution < -0.4 is 15.4 Å². The summed E-state index contributed by atoms with van der Waals surface area (Å²) in [7, 11) is 1.57. The largest absolute Gasteiger partial charge is 0.497 e. The Morgan fingerprint density at radius 3 is 3.16 bits per heavy atom. The zero-order chi connectivity index (χ0) is 17.4. The molecule has 2 amide bonds. The highest BCUT2D eigenvalue weighted by Crippen LogP contribution is 2.35. The summed E-state index contributed by atoms with van der Waals surface area (Å²) in [6, 6.07) is 5.32. The molecule has 2 N–H and O–H groups in total. The fourth-order valence-electron chi connectivity index (χ4n) is 3.43. The minimum absolute atomic E-state index is 0.115. The van der Waals surface area contributed by atoms with Crippen molar-refractivity contribution in [3.63, 3.8) is 0 Å². The van der Waals surface area contributed by atoms with E-state index in [0.717, 1.165) is 36.6 Å². The maximum atomic E-state index is 12.7. The smallest absolute Gasteiger partial charge is 0.228 e. The maximum absolute atomic E-state index is 12.7. The van der Waals surface area contributed by atoms with Crippen LogP contribution in [0, 0.1) is 0 Å². The molecule has 130 valence electrons. The number of methoxy groups -OCH3 is 1. The molecule has 1 atom stereocenters. The first-order chi connectivity index (χ1) is 12.2. The quantitative estimate of drug-likeness (QED) is 0.864. The van der Waals surface area contributed by atoms with Crippen molar-refractivity contribution < 1.29 is 14.3 Å². The molecule has 1 aromatic carbocycles. The topological polar surface area (TPSA) is 98.1 Å². The number of ether oxygens (including phenoxy) is 1. The highest BCUT2D eigenvalue weighted by Gasteiger charge is 2.31. The number of hydrogen-bond donors (Lipinski definition) is 2. The number of aryl methyl sites for hydroxylation is 1. The van der Waals surface area contributed by atoms with E-state index in [-0.39, 0.29) is 18.2 Å². The van der Waals surface area contributed by atoms with Gasteiger partial charge in [-0.25, -0.2) is 0 Å². The molecular formula is C17H19N5O3. The zero-order valence-corrected chi connectivity index (χ0v) is 13.9. The predicted molar refractivity (Wildman–Crippen MR) is 89.2 cm³/mol. The lowest BCUT2D eigenvalue weighted by Gasteiger charge is -2.25. The van der Waals surface area contributed by atoms with Crippen LogP contribution in [0.3, 0.4) is 0 Å². The summed E-state index contributed by atoms with van der Waals surface area (Å²) < 4.78 is 7.28. The third-order valence-electron chi connectivity index (χ3n) is 4.72. The van der Waals surface area contributed by atoms with Crippen molar-refractivity contribution in [3.8, 4) is 5.75 Å². The van der Waals surface area contributed by atoms with Gasteiger partial charge in [-0.05, 0) is 30.2 Å². The van der Waals surface area contributed by atoms with Gasteiger partial charge in [-0.3, -0.25) is 9.59 Å². The van der Waals surface area contributed by atoms with Gasteiger partial charge in [0.05, 0.1) is 19.6 Å². The average Bonchev–Trinajstić information content (AvgIpc) is 3.22. The van der Waals surface area contributed by atoms with Crippen molar-refractivity contribution in [2.24, 2.45) is 0 Å². The molecule has 0 saturated carbocycles. The Bertz CT molecular complexity index is 845. The minimum atomic E-state index is -0.542. The van der Waals surface area contributed by atoms with Crippen molar-refractivity contribution in [1.82, 2.24) is 20.1 Å². The van der Waals surface area contributed by atoms with Gasteiger partial charge in [0.2, 0.25) is 11.8 Å². The summed E-state index contributed by atoms with van der Waals surface area (Å²) in [6.45, 7) is 1.20. The molecule has 2 aliphatic rings. The molecule has 25 heavy (non-hydrogen) atoms. The highest BCUT2D eigenvalue weighted by molar-refractivity contribution is 6.01. The molecule has 8 nitrogen and oxygen atoms in total. The van der Waals surface area contributed by atoms with Gasteiger partial charge in [0.25, 0.3) is 0 Å². The fraction of sp³-hybridized carbons (Fsp3) is 0.412. The third kappa shape index (κ3) is 2.84. The van der Waals surface area contributed by atoms with E-state index in [4.69, 9.17) is 4.74 Å². The Morgan fingerprint density at radius 1 is 1.44 bits per heavy atom. The van der Waals surface area contributed by atoms with Crippen LogP contribution in [0.1, 0.15) is 36.0 Å². The number of rotatable bonds is 4. The summed E-state index contributed by atoms with van der Waals surface area (Å²) in [6.07, 6.45) is 2.10. The van der Waals surface area contributed by atoms with Crippen LogP contribution in [0.5, 0.6) is 5.75 Å². The van der Waals surface area contributed by atoms with Gasteiger partial charge in [0.1, 0.15) is 11.6 Å². The van der Waals surface area contributed by atoms with Gasteiger partial charge >= 0.3 is 0 Å². The summed E-state index contributed by atoms with van der Waals surface area (Å²) in [5.41, 5.74) is 1.42. The van der Waals surface area contributed by atoms with E-state index in [1.165, 1.54) is 0 Å². The lowest BCUT2D eigenvalue weighted by atomic mass is 9.89. The van der Waals surface area contributed by atoms with Crippen LogP contribution in [-0.2, 0) is 29.1 Å². The van der Waals surface area contributed by atoms with Crippen LogP contribution in [0.4, 0.5) is 5.69 Å². The second kappa shape index (κ2) is 6.19. The van der Waals surface area contributed by atoms with E-state index in [2.05, 4.69) is 20.8 Å². The van der Waals surface area contributed by atoms with Gasteiger partial charge in [0.15, 0.2) is 5.82 Å². The summed E-state index contributed by atoms with van der Waals surface area (Å²) in [5.74, 6) is 1.48. The van der Waals surface area contributed by atoms with Crippen LogP contribution in [0.15, 0.2) is 18.2 Å². The molecule has 2 aromatic rings. The summed E-state index contributed by atoms with van der Waals surface area (Å²) in [5, 5.41) is 14.0. The standard InChI is InChI=1S/C17H19N5O3/c1-25-10-4-5-13-11(7-10)12(8-16(23)19-13)17(24)18-9-15-21-20-14-3-2-6-22(14)15/h4-5,7,12H,2-3,6,8-9H2,1H3,(H,18,24)(H,19,23)/t12-/m0/s1. The lowest BCUT2D eigenvalue weighted by molar-refractivity contribution is -0.126. The minimum Gasteiger partial charge on any atom is -0.497 e. The summed E-state index contributed by atoms with van der Waals surface area (Å²) >= 11 is 0. The van der Waals surface area contributed by atoms with E-state index in [1.807, 2.05) is 4.57 Å². The molecule has 0 bridgehead atoms. The Kier molecular flexibility index (Phi) is 3.87. The Hall–Kier alpha value is -2.90. The number of aromatic nitrogens is 3. The molecular weight excluding hydrogens is 322 g/mol. The van der Waals surface area contributed by atoms with Crippen molar-refractivity contribution in [3.05, 3.63) is 35.4 Å². The van der Waals surface area contributed by atoms with Gasteiger partial charge in [-0.15, -0.1) is 10.2 Å². The molecule has 0 radical (unpaired) electrons. The molecule has 0 saturated heterocycles. The molecule has 3 heterocycles. The molecule has 4 rings (SSSR count). The molecule has 0 spiro atoms. The number of benzene rings is 1. The first-order valence-electron chi connectivity index (χ1n) is 8.32. The predicted octanol–water partition coefficient (Wildman–Crippen LogP) is 0.975. The van der Waals surface area contributed by atoms with E-state index >= 15 is 0 Å². The van der Waals surface area contributed by atoms with Crippen LogP contribution in [-0.4, -0.2) is 33.7 Å². The van der Waals surface area contributed by atoms with Crippen LogP contribution in [0.2, 0.25) is 0 Å². The zero-order valence-electron chi connectivity index (χ0n) is 13.9. The van der Waals surface area contributed by atoms with Gasteiger partial charge < -0.3 is 19.9 Å². The molecule has 1 aromatic heterocycles. The second-order valence-electron chi connectivity index (χ2n) is 6.26. The number of amides is 2. The molecule has 0 unspecified atom stereocenters. The molecule has 2 aliphatic heterocycles. The van der Waals surface area contributed by atoms with Crippen molar-refractivity contribution >= 4 is 17.5 Å². The van der Waals surface area contributed by atoms with Crippen LogP contribution >= 0.6 is 0 Å². The molecule has 0 fully saturated rings. The Labute approximate surface area is 144 Å². The van der Waals surface area contributed by atoms with E-state index < -0.39 is 5.92 Å². The van der Waals surface area contributed by atoms with Gasteiger partial charge in [0, 0.05) is 25.1 Å². The SMILES string of the molecule is COc1ccc2c(c1)[C@@H](C(=O)NCc1nnc3n1CCC3)CC(=O)N2. The van der Waals surface area contributed by atoms with E-state index in [0.29, 0.717) is 18.0 Å². The molecule has 8 heteroatoms. The third-order valence-corrected chi connectivity index (χ3v) is 4.72. The number of carbonyl (C=O) groups excluding carboxylic acids is 2. The van der Waals surface area contributed by atoms with Crippen molar-refractivity contribution in [1.29, 1.82) is 0 Å². The van der Waals surface area contributed by atoms with Gasteiger partial charge in [-0.1, -0.05) is 0 Å². The first kappa shape index (κ1) is 15.6. The Morgan fingerprint density at radius 2 is 2.32 bits per heavy atom. The normalized spacial score (nSPS) is 18.3. The van der Waals surface area contributed by atoms with Crippen molar-refractivity contribution in [2.45, 2.75) is 38.3 Å². The fourth-order valence-corrected chi connectivity index (χ4v) is 3.43. The number of carbonyl (C=O) groups is 2. The van der Waals surface area contributed by atoms with Crippen molar-refractivity contribution in [2.75, 3.05) is 12.4 Å². The number of anilines is 1. The number of nitrogens with one attached hydrogen (secondary N) is 2. The number of nitrogens with zero attached hydrogens (tertiary/aromatic N) is 3. The second-order valence-corrected chi connectivity index (χ2v) is 6.26. The van der Waals surface area contributed by atoms with Gasteiger partial charge in [-0.2, -0.15) is 0 Å². The lowest BCUT2D eigenvalue weighted by Crippen LogP contribution is -2.35. The van der Waals surface area contributed by atoms with E-state index in [1.54, 1.807) is 25.3 Å². The first-order valence-corrected chi connectivity index (χ1v) is 8.32. The number of fused-ring (bicyclic) bond motifs is 2. The maximum Gasteiger partial charge on any atom is 0.228 e.